The highest BCUT2D eigenvalue weighted by atomic mass is 16.6. The van der Waals surface area contributed by atoms with E-state index in [2.05, 4.69) is 0 Å². The first-order chi connectivity index (χ1) is 11.2. The molecule has 0 aliphatic carbocycles. The average Bonchev–Trinajstić information content (AvgIpc) is 3.24. The summed E-state index contributed by atoms with van der Waals surface area (Å²) in [4.78, 5) is 10.7. The van der Waals surface area contributed by atoms with Gasteiger partial charge >= 0.3 is 5.97 Å². The molecule has 0 aromatic rings. The molecule has 8 atom stereocenters. The van der Waals surface area contributed by atoms with Crippen molar-refractivity contribution in [3.8, 4) is 0 Å². The van der Waals surface area contributed by atoms with E-state index < -0.39 is 30.4 Å². The number of aliphatic carboxylic acids is 1. The molecule has 0 spiro atoms. The van der Waals surface area contributed by atoms with Crippen molar-refractivity contribution in [2.75, 3.05) is 6.61 Å². The lowest BCUT2D eigenvalue weighted by Crippen LogP contribution is -2.50. The zero-order valence-corrected chi connectivity index (χ0v) is 14.3. The minimum absolute atomic E-state index is 0.0205. The van der Waals surface area contributed by atoms with Gasteiger partial charge < -0.3 is 29.9 Å². The predicted octanol–water partition coefficient (Wildman–Crippen LogP) is 0.319. The number of rotatable bonds is 7. The second-order valence-electron chi connectivity index (χ2n) is 7.12. The Morgan fingerprint density at radius 1 is 1.25 bits per heavy atom. The molecule has 138 valence electrons. The van der Waals surface area contributed by atoms with E-state index in [-0.39, 0.29) is 30.5 Å². The lowest BCUT2D eigenvalue weighted by atomic mass is 9.85. The normalized spacial score (nSPS) is 39.3. The third kappa shape index (κ3) is 4.77. The molecule has 0 amide bonds. The van der Waals surface area contributed by atoms with Gasteiger partial charge in [-0.05, 0) is 26.7 Å². The minimum atomic E-state index is -1.06. The van der Waals surface area contributed by atoms with Crippen molar-refractivity contribution in [3.63, 3.8) is 0 Å². The second kappa shape index (κ2) is 7.93. The highest BCUT2D eigenvalue weighted by Crippen LogP contribution is 2.38. The molecular formula is C17H28O7. The van der Waals surface area contributed by atoms with Gasteiger partial charge in [-0.3, -0.25) is 0 Å². The third-order valence-corrected chi connectivity index (χ3v) is 5.07. The van der Waals surface area contributed by atoms with Gasteiger partial charge in [0.15, 0.2) is 0 Å². The van der Waals surface area contributed by atoms with Crippen molar-refractivity contribution < 1.29 is 34.7 Å². The molecule has 2 fully saturated rings. The molecule has 0 aromatic carbocycles. The molecule has 7 heteroatoms. The average molecular weight is 344 g/mol. The lowest BCUT2D eigenvalue weighted by molar-refractivity contribution is -0.165. The van der Waals surface area contributed by atoms with Crippen molar-refractivity contribution in [2.24, 2.45) is 11.8 Å². The SMILES string of the molecule is C/C(=C\C(=O)O)CC1OCC(CC2OC2C(C)C(C)O)C(O)C1O. The summed E-state index contributed by atoms with van der Waals surface area (Å²) in [5.41, 5.74) is 0.577. The van der Waals surface area contributed by atoms with Crippen molar-refractivity contribution >= 4 is 5.97 Å². The number of ether oxygens (including phenoxy) is 2. The lowest BCUT2D eigenvalue weighted by Gasteiger charge is -2.37. The Labute approximate surface area is 141 Å². The maximum Gasteiger partial charge on any atom is 0.328 e. The highest BCUT2D eigenvalue weighted by Gasteiger charge is 2.48. The van der Waals surface area contributed by atoms with Crippen LogP contribution in [0.4, 0.5) is 0 Å². The first-order valence-electron chi connectivity index (χ1n) is 8.42. The van der Waals surface area contributed by atoms with Gasteiger partial charge in [-0.25, -0.2) is 4.79 Å². The van der Waals surface area contributed by atoms with Crippen LogP contribution < -0.4 is 0 Å². The van der Waals surface area contributed by atoms with Gasteiger partial charge in [-0.2, -0.15) is 0 Å². The quantitative estimate of drug-likeness (QED) is 0.388. The van der Waals surface area contributed by atoms with Gasteiger partial charge in [0.25, 0.3) is 0 Å². The number of carbonyl (C=O) groups is 1. The molecule has 0 aromatic heterocycles. The van der Waals surface area contributed by atoms with Gasteiger partial charge in [0.05, 0.1) is 37.1 Å². The first-order valence-corrected chi connectivity index (χ1v) is 8.42. The summed E-state index contributed by atoms with van der Waals surface area (Å²) in [5.74, 6) is -1.25. The van der Waals surface area contributed by atoms with Crippen molar-refractivity contribution in [2.45, 2.75) is 70.2 Å². The van der Waals surface area contributed by atoms with Crippen molar-refractivity contribution in [1.82, 2.24) is 0 Å². The maximum atomic E-state index is 10.7. The van der Waals surface area contributed by atoms with Crippen LogP contribution in [0.2, 0.25) is 0 Å². The first kappa shape index (κ1) is 19.3. The smallest absolute Gasteiger partial charge is 0.328 e. The third-order valence-electron chi connectivity index (χ3n) is 5.07. The van der Waals surface area contributed by atoms with Crippen LogP contribution in [0.1, 0.15) is 33.6 Å². The molecule has 2 aliphatic rings. The van der Waals surface area contributed by atoms with Crippen LogP contribution in [0.5, 0.6) is 0 Å². The van der Waals surface area contributed by atoms with Crippen LogP contribution in [-0.4, -0.2) is 69.6 Å². The highest BCUT2D eigenvalue weighted by molar-refractivity contribution is 5.80. The van der Waals surface area contributed by atoms with Crippen molar-refractivity contribution in [3.05, 3.63) is 11.6 Å². The summed E-state index contributed by atoms with van der Waals surface area (Å²) in [6, 6.07) is 0. The van der Waals surface area contributed by atoms with Crippen molar-refractivity contribution in [1.29, 1.82) is 0 Å². The summed E-state index contributed by atoms with van der Waals surface area (Å²) < 4.78 is 11.2. The van der Waals surface area contributed by atoms with E-state index in [0.717, 1.165) is 6.08 Å². The predicted molar refractivity (Wildman–Crippen MR) is 85.4 cm³/mol. The number of hydrogen-bond donors (Lipinski definition) is 4. The molecule has 0 saturated carbocycles. The fraction of sp³-hybridized carbons (Fsp3) is 0.824. The Hall–Kier alpha value is -0.990. The number of carboxylic acid groups (broad SMARTS) is 1. The van der Waals surface area contributed by atoms with E-state index in [1.54, 1.807) is 13.8 Å². The van der Waals surface area contributed by atoms with Crippen LogP contribution in [-0.2, 0) is 14.3 Å². The largest absolute Gasteiger partial charge is 0.478 e. The van der Waals surface area contributed by atoms with Crippen LogP contribution in [0.3, 0.4) is 0 Å². The van der Waals surface area contributed by atoms with Crippen LogP contribution in [0.25, 0.3) is 0 Å². The van der Waals surface area contributed by atoms with Crippen LogP contribution >= 0.6 is 0 Å². The Balaban J connectivity index is 1.84. The maximum absolute atomic E-state index is 10.7. The number of hydrogen-bond acceptors (Lipinski definition) is 6. The van der Waals surface area contributed by atoms with Gasteiger partial charge in [0.1, 0.15) is 6.10 Å². The zero-order chi connectivity index (χ0) is 18.0. The summed E-state index contributed by atoms with van der Waals surface area (Å²) in [6.07, 6.45) is -1.21. The summed E-state index contributed by atoms with van der Waals surface area (Å²) in [7, 11) is 0. The Kier molecular flexibility index (Phi) is 6.39. The van der Waals surface area contributed by atoms with Gasteiger partial charge in [-0.15, -0.1) is 0 Å². The molecule has 2 heterocycles. The van der Waals surface area contributed by atoms with Crippen LogP contribution in [0, 0.1) is 11.8 Å². The molecule has 24 heavy (non-hydrogen) atoms. The van der Waals surface area contributed by atoms with E-state index in [0.29, 0.717) is 18.6 Å². The summed E-state index contributed by atoms with van der Waals surface area (Å²) in [5, 5.41) is 38.9. The zero-order valence-electron chi connectivity index (χ0n) is 14.3. The number of carboxylic acids is 1. The monoisotopic (exact) mass is 344 g/mol. The van der Waals surface area contributed by atoms with Gasteiger partial charge in [-0.1, -0.05) is 12.5 Å². The van der Waals surface area contributed by atoms with Crippen LogP contribution in [0.15, 0.2) is 11.6 Å². The molecule has 8 unspecified atom stereocenters. The molecule has 2 rings (SSSR count). The fourth-order valence-corrected chi connectivity index (χ4v) is 3.30. The molecule has 2 saturated heterocycles. The fourth-order valence-electron chi connectivity index (χ4n) is 3.30. The second-order valence-corrected chi connectivity index (χ2v) is 7.12. The molecule has 2 aliphatic heterocycles. The van der Waals surface area contributed by atoms with E-state index in [9.17, 15) is 20.1 Å². The van der Waals surface area contributed by atoms with E-state index in [1.165, 1.54) is 0 Å². The summed E-state index contributed by atoms with van der Waals surface area (Å²) >= 11 is 0. The Bertz CT molecular complexity index is 476. The summed E-state index contributed by atoms with van der Waals surface area (Å²) in [6.45, 7) is 5.59. The molecule has 0 bridgehead atoms. The van der Waals surface area contributed by atoms with Gasteiger partial charge in [0, 0.05) is 17.9 Å². The molecule has 4 N–H and O–H groups in total. The molecular weight excluding hydrogens is 316 g/mol. The Morgan fingerprint density at radius 2 is 1.92 bits per heavy atom. The topological polar surface area (TPSA) is 120 Å². The van der Waals surface area contributed by atoms with E-state index in [4.69, 9.17) is 14.6 Å². The minimum Gasteiger partial charge on any atom is -0.478 e. The number of aliphatic hydroxyl groups is 3. The molecule has 7 nitrogen and oxygen atoms in total. The standard InChI is InChI=1S/C17H28O7/c1-8(5-14(19)20)4-12-16(22)15(21)11(7-23-12)6-13-17(24-13)9(2)10(3)18/h5,9-13,15-18,21-22H,4,6-7H2,1-3H3,(H,19,20)/b8-5+. The van der Waals surface area contributed by atoms with E-state index in [1.807, 2.05) is 6.92 Å². The molecule has 0 radical (unpaired) electrons. The number of aliphatic hydroxyl groups excluding tert-OH is 3. The van der Waals surface area contributed by atoms with E-state index >= 15 is 0 Å². The Morgan fingerprint density at radius 3 is 2.50 bits per heavy atom. The number of epoxide rings is 1. The van der Waals surface area contributed by atoms with Gasteiger partial charge in [0.2, 0.25) is 0 Å².